The van der Waals surface area contributed by atoms with Crippen LogP contribution in [0.2, 0.25) is 0 Å². The maximum atomic E-state index is 12.9. The van der Waals surface area contributed by atoms with Crippen LogP contribution in [0.4, 0.5) is 10.1 Å². The van der Waals surface area contributed by atoms with Crippen LogP contribution >= 0.6 is 0 Å². The van der Waals surface area contributed by atoms with Crippen LogP contribution in [-0.2, 0) is 11.3 Å². The quantitative estimate of drug-likeness (QED) is 0.577. The van der Waals surface area contributed by atoms with E-state index < -0.39 is 17.5 Å². The van der Waals surface area contributed by atoms with Crippen molar-refractivity contribution in [3.8, 4) is 0 Å². The van der Waals surface area contributed by atoms with Gasteiger partial charge in [0.1, 0.15) is 5.82 Å². The number of hydrogen-bond donors (Lipinski definition) is 1. The van der Waals surface area contributed by atoms with Crippen LogP contribution in [0.5, 0.6) is 0 Å². The first-order valence-electron chi connectivity index (χ1n) is 7.44. The number of ketones is 1. The van der Waals surface area contributed by atoms with Gasteiger partial charge in [0.05, 0.1) is 5.69 Å². The van der Waals surface area contributed by atoms with Gasteiger partial charge in [0, 0.05) is 18.4 Å². The number of halogens is 1. The number of Topliss-reactive ketones (excluding diaryl/α,β-unsaturated/α-hetero) is 1. The third kappa shape index (κ3) is 3.57. The molecule has 0 bridgehead atoms. The number of rotatable bonds is 5. The smallest absolute Gasteiger partial charge is 0.298 e. The summed E-state index contributed by atoms with van der Waals surface area (Å²) in [5.41, 5.74) is 1.70. The van der Waals surface area contributed by atoms with Crippen molar-refractivity contribution in [3.63, 3.8) is 0 Å². The molecule has 0 saturated carbocycles. The van der Waals surface area contributed by atoms with Gasteiger partial charge in [0.25, 0.3) is 11.7 Å². The van der Waals surface area contributed by atoms with Gasteiger partial charge in [-0.3, -0.25) is 9.59 Å². The topological polar surface area (TPSA) is 51.1 Å². The van der Waals surface area contributed by atoms with Crippen molar-refractivity contribution >= 4 is 17.4 Å². The van der Waals surface area contributed by atoms with Crippen molar-refractivity contribution in [1.82, 2.24) is 4.57 Å². The number of nitrogens with one attached hydrogen (secondary N) is 1. The first-order chi connectivity index (χ1) is 11.6. The monoisotopic (exact) mass is 322 g/mol. The highest BCUT2D eigenvalue weighted by atomic mass is 19.1. The Bertz CT molecular complexity index is 855. The van der Waals surface area contributed by atoms with E-state index in [1.54, 1.807) is 22.9 Å². The van der Waals surface area contributed by atoms with E-state index in [0.29, 0.717) is 17.9 Å². The molecule has 4 nitrogen and oxygen atoms in total. The van der Waals surface area contributed by atoms with Gasteiger partial charge in [0.15, 0.2) is 0 Å². The van der Waals surface area contributed by atoms with Crippen LogP contribution in [-0.4, -0.2) is 16.3 Å². The molecule has 0 aliphatic heterocycles. The molecule has 0 spiro atoms. The van der Waals surface area contributed by atoms with Crippen LogP contribution in [0, 0.1) is 5.82 Å². The normalized spacial score (nSPS) is 10.4. The number of anilines is 1. The third-order valence-corrected chi connectivity index (χ3v) is 3.57. The lowest BCUT2D eigenvalue weighted by molar-refractivity contribution is -0.112. The summed E-state index contributed by atoms with van der Waals surface area (Å²) in [5.74, 6) is -1.80. The van der Waals surface area contributed by atoms with Crippen molar-refractivity contribution in [1.29, 1.82) is 0 Å². The highest BCUT2D eigenvalue weighted by molar-refractivity contribution is 6.46. The first kappa shape index (κ1) is 15.7. The molecule has 0 fully saturated rings. The molecule has 1 N–H and O–H groups in total. The molecule has 0 unspecified atom stereocenters. The number of carbonyl (C=O) groups excluding carboxylic acids is 2. The molecule has 120 valence electrons. The second-order valence-electron chi connectivity index (χ2n) is 5.30. The fourth-order valence-electron chi connectivity index (χ4n) is 2.38. The van der Waals surface area contributed by atoms with Crippen molar-refractivity contribution < 1.29 is 14.0 Å². The fourth-order valence-corrected chi connectivity index (χ4v) is 2.38. The van der Waals surface area contributed by atoms with E-state index in [2.05, 4.69) is 5.32 Å². The molecule has 0 aliphatic rings. The van der Waals surface area contributed by atoms with E-state index in [-0.39, 0.29) is 0 Å². The minimum absolute atomic E-state index is 0.304. The van der Waals surface area contributed by atoms with E-state index in [0.717, 1.165) is 5.56 Å². The summed E-state index contributed by atoms with van der Waals surface area (Å²) in [7, 11) is 0. The van der Waals surface area contributed by atoms with Crippen molar-refractivity contribution in [3.05, 3.63) is 90.0 Å². The molecular formula is C19H15FN2O2. The van der Waals surface area contributed by atoms with Crippen LogP contribution in [0.25, 0.3) is 0 Å². The lowest BCUT2D eigenvalue weighted by atomic mass is 10.2. The molecule has 1 aromatic heterocycles. The average molecular weight is 322 g/mol. The summed E-state index contributed by atoms with van der Waals surface area (Å²) >= 11 is 0. The molecular weight excluding hydrogens is 307 g/mol. The Hall–Kier alpha value is -3.21. The molecule has 1 heterocycles. The molecule has 0 radical (unpaired) electrons. The Morgan fingerprint density at radius 1 is 0.917 bits per heavy atom. The van der Waals surface area contributed by atoms with E-state index in [9.17, 15) is 14.0 Å². The van der Waals surface area contributed by atoms with Gasteiger partial charge in [0.2, 0.25) is 0 Å². The fraction of sp³-hybridized carbons (Fsp3) is 0.0526. The lowest BCUT2D eigenvalue weighted by Gasteiger charge is -2.09. The standard InChI is InChI=1S/C19H15FN2O2/c20-15-8-10-16(11-9-15)21-19(24)18(23)17-7-4-12-22(17)13-14-5-2-1-3-6-14/h1-12H,13H2,(H,21,24). The molecule has 0 saturated heterocycles. The summed E-state index contributed by atoms with van der Waals surface area (Å²) in [4.78, 5) is 24.5. The van der Waals surface area contributed by atoms with Crippen LogP contribution in [0.3, 0.4) is 0 Å². The minimum Gasteiger partial charge on any atom is -0.340 e. The second kappa shape index (κ2) is 6.91. The molecule has 0 aliphatic carbocycles. The molecule has 3 rings (SSSR count). The SMILES string of the molecule is O=C(Nc1ccc(F)cc1)C(=O)c1cccn1Cc1ccccc1. The number of nitrogens with zero attached hydrogens (tertiary/aromatic N) is 1. The van der Waals surface area contributed by atoms with Crippen molar-refractivity contribution in [2.75, 3.05) is 5.32 Å². The van der Waals surface area contributed by atoms with Gasteiger partial charge >= 0.3 is 0 Å². The zero-order valence-electron chi connectivity index (χ0n) is 12.8. The number of hydrogen-bond acceptors (Lipinski definition) is 2. The molecule has 3 aromatic rings. The molecule has 24 heavy (non-hydrogen) atoms. The Balaban J connectivity index is 1.74. The van der Waals surface area contributed by atoms with Gasteiger partial charge < -0.3 is 9.88 Å². The number of carbonyl (C=O) groups is 2. The Labute approximate surface area is 138 Å². The minimum atomic E-state index is -0.755. The van der Waals surface area contributed by atoms with E-state index in [1.165, 1.54) is 24.3 Å². The summed E-state index contributed by atoms with van der Waals surface area (Å²) in [6, 6.07) is 18.2. The zero-order valence-corrected chi connectivity index (χ0v) is 12.8. The van der Waals surface area contributed by atoms with Gasteiger partial charge in [-0.2, -0.15) is 0 Å². The van der Waals surface area contributed by atoms with Gasteiger partial charge in [-0.25, -0.2) is 4.39 Å². The number of amides is 1. The van der Waals surface area contributed by atoms with Gasteiger partial charge in [-0.1, -0.05) is 30.3 Å². The Morgan fingerprint density at radius 2 is 1.62 bits per heavy atom. The van der Waals surface area contributed by atoms with Crippen LogP contribution in [0.1, 0.15) is 16.1 Å². The Morgan fingerprint density at radius 3 is 2.33 bits per heavy atom. The van der Waals surface area contributed by atoms with E-state index in [4.69, 9.17) is 0 Å². The maximum absolute atomic E-state index is 12.9. The Kier molecular flexibility index (Phi) is 4.52. The molecule has 1 amide bonds. The predicted octanol–water partition coefficient (Wildman–Crippen LogP) is 3.50. The van der Waals surface area contributed by atoms with E-state index >= 15 is 0 Å². The van der Waals surface area contributed by atoms with Gasteiger partial charge in [-0.15, -0.1) is 0 Å². The number of benzene rings is 2. The van der Waals surface area contributed by atoms with Gasteiger partial charge in [-0.05, 0) is 42.0 Å². The summed E-state index contributed by atoms with van der Waals surface area (Å²) in [5, 5.41) is 2.48. The number of aromatic nitrogens is 1. The predicted molar refractivity (Wildman–Crippen MR) is 89.3 cm³/mol. The highest BCUT2D eigenvalue weighted by Gasteiger charge is 2.19. The molecule has 5 heteroatoms. The molecule has 2 aromatic carbocycles. The second-order valence-corrected chi connectivity index (χ2v) is 5.30. The van der Waals surface area contributed by atoms with Crippen LogP contribution < -0.4 is 5.32 Å². The van der Waals surface area contributed by atoms with Crippen molar-refractivity contribution in [2.24, 2.45) is 0 Å². The zero-order chi connectivity index (χ0) is 16.9. The summed E-state index contributed by atoms with van der Waals surface area (Å²) in [6.07, 6.45) is 1.76. The summed E-state index contributed by atoms with van der Waals surface area (Å²) in [6.45, 7) is 0.499. The first-order valence-corrected chi connectivity index (χ1v) is 7.44. The average Bonchev–Trinajstić information content (AvgIpc) is 3.05. The lowest BCUT2D eigenvalue weighted by Crippen LogP contribution is -2.25. The molecule has 0 atom stereocenters. The largest absolute Gasteiger partial charge is 0.340 e. The maximum Gasteiger partial charge on any atom is 0.298 e. The highest BCUT2D eigenvalue weighted by Crippen LogP contribution is 2.12. The van der Waals surface area contributed by atoms with Crippen molar-refractivity contribution in [2.45, 2.75) is 6.54 Å². The third-order valence-electron chi connectivity index (χ3n) is 3.57. The summed E-state index contributed by atoms with van der Waals surface area (Å²) < 4.78 is 14.6. The van der Waals surface area contributed by atoms with E-state index in [1.807, 2.05) is 30.3 Å². The van der Waals surface area contributed by atoms with Crippen LogP contribution in [0.15, 0.2) is 72.9 Å².